The Labute approximate surface area is 260 Å². The number of phenolic OH excluding ortho intramolecular Hbond substituents is 2. The molecule has 0 bridgehead atoms. The number of hydrogen-bond acceptors (Lipinski definition) is 16. The largest absolute Gasteiger partial charge is 0.506 e. The summed E-state index contributed by atoms with van der Waals surface area (Å²) in [5.41, 5.74) is -0.188. The first-order valence-electron chi connectivity index (χ1n) is 11.1. The minimum atomic E-state index is -1.01. The molecule has 7 N–H and O–H groups in total. The van der Waals surface area contributed by atoms with Crippen molar-refractivity contribution in [2.45, 2.75) is 0 Å². The molecule has 21 heteroatoms. The van der Waals surface area contributed by atoms with E-state index in [1.165, 1.54) is 18.2 Å². The van der Waals surface area contributed by atoms with E-state index in [0.29, 0.717) is 0 Å². The predicted octanol–water partition coefficient (Wildman–Crippen LogP) is 1.46. The van der Waals surface area contributed by atoms with Gasteiger partial charge in [0.05, 0.1) is 33.4 Å². The number of nitro benzene ring substituents is 2. The Morgan fingerprint density at radius 3 is 1.33 bits per heavy atom. The Kier molecular flexibility index (Phi) is 11.1. The van der Waals surface area contributed by atoms with Crippen LogP contribution in [0.2, 0.25) is 15.1 Å². The number of nitrogens with one attached hydrogen (secondary N) is 1. The summed E-state index contributed by atoms with van der Waals surface area (Å²) in [6.07, 6.45) is 0. The minimum Gasteiger partial charge on any atom is -0.506 e. The van der Waals surface area contributed by atoms with Crippen molar-refractivity contribution in [1.82, 2.24) is 0 Å². The highest BCUT2D eigenvalue weighted by Crippen LogP contribution is 2.31. The Bertz CT molecular complexity index is 2050. The standard InChI is InChI=1S/C10H5ClN2O5.C6H6N2O3.C4Cl2O2.C4H2O4/c11-7-8(10(16)9(7)15)12-5-2-1-4(13(17)18)3-6(5)14;7-5-2-1-4(8(10)11)3-6(5)9;2*5-1-2(6)4(8)3(1)7/h1-3,12,14H;1-3,9H,7H2;;5-6H. The maximum absolute atomic E-state index is 11.1. The molecule has 0 fully saturated rings. The molecule has 18 nitrogen and oxygen atoms in total. The molecule has 0 aliphatic carbocycles. The number of phenols is 2. The van der Waals surface area contributed by atoms with Crippen LogP contribution in [0.5, 0.6) is 23.0 Å². The molecule has 0 heterocycles. The van der Waals surface area contributed by atoms with Crippen LogP contribution in [0.3, 0.4) is 0 Å². The fraction of sp³-hybridized carbons (Fsp3) is 0. The van der Waals surface area contributed by atoms with E-state index >= 15 is 0 Å². The van der Waals surface area contributed by atoms with Crippen molar-refractivity contribution in [3.05, 3.63) is 133 Å². The van der Waals surface area contributed by atoms with Crippen LogP contribution in [0.1, 0.15) is 0 Å². The molecule has 0 spiro atoms. The van der Waals surface area contributed by atoms with Crippen LogP contribution in [0.25, 0.3) is 0 Å². The zero-order valence-electron chi connectivity index (χ0n) is 21.4. The molecule has 0 atom stereocenters. The SMILES string of the molecule is Nc1ccc([N+](=O)[O-])cc1O.O=c1c(Cl)c(Cl)c1=O.O=c1c(Cl)c(Nc2ccc([N+](=O)[O-])cc2O)c1=O.O=c1c(O)c(O)c1=O. The number of hydrogen-bond donors (Lipinski definition) is 6. The summed E-state index contributed by atoms with van der Waals surface area (Å²) in [4.78, 5) is 81.5. The van der Waals surface area contributed by atoms with E-state index in [1.807, 2.05) is 0 Å². The first-order chi connectivity index (χ1) is 20.8. The van der Waals surface area contributed by atoms with Gasteiger partial charge in [0.1, 0.15) is 32.3 Å². The topological polar surface area (TPSA) is 308 Å². The number of nitro groups is 2. The van der Waals surface area contributed by atoms with Crippen LogP contribution in [0.15, 0.2) is 65.2 Å². The maximum atomic E-state index is 11.1. The summed E-state index contributed by atoms with van der Waals surface area (Å²) in [6, 6.07) is 6.79. The van der Waals surface area contributed by atoms with Crippen LogP contribution in [-0.2, 0) is 0 Å². The Morgan fingerprint density at radius 1 is 0.600 bits per heavy atom. The van der Waals surface area contributed by atoms with Gasteiger partial charge < -0.3 is 31.5 Å². The van der Waals surface area contributed by atoms with Crippen molar-refractivity contribution in [2.24, 2.45) is 0 Å². The summed E-state index contributed by atoms with van der Waals surface area (Å²) in [5, 5.41) is 57.3. The van der Waals surface area contributed by atoms with Gasteiger partial charge in [0.2, 0.25) is 27.8 Å². The van der Waals surface area contributed by atoms with Crippen molar-refractivity contribution in [3.63, 3.8) is 0 Å². The Hall–Kier alpha value is -5.85. The number of aromatic hydroxyl groups is 4. The second-order valence-corrected chi connectivity index (χ2v) is 9.21. The molecule has 5 aromatic carbocycles. The van der Waals surface area contributed by atoms with Gasteiger partial charge in [-0.05, 0) is 12.1 Å². The molecule has 5 rings (SSSR count). The van der Waals surface area contributed by atoms with Gasteiger partial charge >= 0.3 is 0 Å². The van der Waals surface area contributed by atoms with Gasteiger partial charge in [0.15, 0.2) is 0 Å². The predicted molar refractivity (Wildman–Crippen MR) is 160 cm³/mol. The summed E-state index contributed by atoms with van der Waals surface area (Å²) in [6.45, 7) is 0. The average molecular weight is 688 g/mol. The quantitative estimate of drug-likeness (QED) is 0.0512. The van der Waals surface area contributed by atoms with Crippen molar-refractivity contribution >= 4 is 63.2 Å². The smallest absolute Gasteiger partial charge is 0.275 e. The lowest BCUT2D eigenvalue weighted by Crippen LogP contribution is -2.33. The number of benzene rings is 2. The Morgan fingerprint density at radius 2 is 1.00 bits per heavy atom. The number of anilines is 3. The van der Waals surface area contributed by atoms with Crippen LogP contribution in [-0.4, -0.2) is 30.3 Å². The number of nitrogen functional groups attached to an aromatic ring is 1. The number of nitrogens with two attached hydrogens (primary N) is 1. The van der Waals surface area contributed by atoms with E-state index in [0.717, 1.165) is 18.2 Å². The van der Waals surface area contributed by atoms with Crippen molar-refractivity contribution in [2.75, 3.05) is 11.1 Å². The fourth-order valence-corrected chi connectivity index (χ4v) is 3.26. The minimum absolute atomic E-state index is 0.0506. The summed E-state index contributed by atoms with van der Waals surface area (Å²) >= 11 is 15.7. The zero-order chi connectivity index (χ0) is 34.5. The van der Waals surface area contributed by atoms with Crippen LogP contribution in [0.4, 0.5) is 28.4 Å². The lowest BCUT2D eigenvalue weighted by molar-refractivity contribution is -0.385. The molecule has 0 saturated heterocycles. The highest BCUT2D eigenvalue weighted by molar-refractivity contribution is 6.43. The molecule has 0 amide bonds. The lowest BCUT2D eigenvalue weighted by atomic mass is 10.2. The highest BCUT2D eigenvalue weighted by Gasteiger charge is 2.21. The van der Waals surface area contributed by atoms with E-state index in [4.69, 9.17) is 55.9 Å². The third-order valence-corrected chi connectivity index (χ3v) is 6.37. The first-order valence-corrected chi connectivity index (χ1v) is 12.3. The average Bonchev–Trinajstić information content (AvgIpc) is 3.03. The number of halogens is 3. The van der Waals surface area contributed by atoms with Crippen molar-refractivity contribution in [3.8, 4) is 23.0 Å². The molecule has 234 valence electrons. The number of non-ortho nitro benzene ring substituents is 2. The normalized spacial score (nSPS) is 10.1. The summed E-state index contributed by atoms with van der Waals surface area (Å²) < 4.78 is 0. The molecule has 0 unspecified atom stereocenters. The second-order valence-electron chi connectivity index (χ2n) is 8.07. The molecule has 0 aliphatic rings. The number of rotatable bonds is 4. The van der Waals surface area contributed by atoms with Crippen molar-refractivity contribution < 1.29 is 30.3 Å². The third-order valence-electron chi connectivity index (χ3n) is 5.19. The molecule has 45 heavy (non-hydrogen) atoms. The Balaban J connectivity index is 0.000000224. The molecular weight excluding hydrogens is 675 g/mol. The van der Waals surface area contributed by atoms with Crippen molar-refractivity contribution in [1.29, 1.82) is 0 Å². The molecular formula is C24H13Cl3N4O14. The number of nitrogens with zero attached hydrogens (tertiary/aromatic N) is 2. The lowest BCUT2D eigenvalue weighted by Gasteiger charge is -2.10. The van der Waals surface area contributed by atoms with E-state index in [-0.39, 0.29) is 49.3 Å². The van der Waals surface area contributed by atoms with Gasteiger partial charge in [-0.15, -0.1) is 0 Å². The van der Waals surface area contributed by atoms with Crippen LogP contribution in [0, 0.1) is 20.2 Å². The maximum Gasteiger partial charge on any atom is 0.275 e. The highest BCUT2D eigenvalue weighted by atomic mass is 35.5. The van der Waals surface area contributed by atoms with Gasteiger partial charge in [-0.2, -0.15) is 0 Å². The molecule has 0 radical (unpaired) electrons. The molecule has 0 saturated carbocycles. The fourth-order valence-electron chi connectivity index (χ4n) is 2.70. The van der Waals surface area contributed by atoms with E-state index in [2.05, 4.69) is 5.32 Å². The summed E-state index contributed by atoms with van der Waals surface area (Å²) in [5.74, 6) is -2.34. The van der Waals surface area contributed by atoms with E-state index in [1.54, 1.807) is 0 Å². The molecule has 0 aliphatic heterocycles. The van der Waals surface area contributed by atoms with Gasteiger partial charge in [-0.3, -0.25) is 49.0 Å². The van der Waals surface area contributed by atoms with E-state index < -0.39 is 59.7 Å². The van der Waals surface area contributed by atoms with Gasteiger partial charge in [0.25, 0.3) is 27.7 Å². The second kappa shape index (κ2) is 14.1. The first kappa shape index (κ1) is 35.3. The molecule has 5 aromatic rings. The van der Waals surface area contributed by atoms with Crippen LogP contribution < -0.4 is 43.6 Å². The summed E-state index contributed by atoms with van der Waals surface area (Å²) in [7, 11) is 0. The van der Waals surface area contributed by atoms with Crippen LogP contribution >= 0.6 is 34.8 Å². The zero-order valence-corrected chi connectivity index (χ0v) is 23.7. The van der Waals surface area contributed by atoms with Gasteiger partial charge in [-0.25, -0.2) is 0 Å². The van der Waals surface area contributed by atoms with Gasteiger partial charge in [-0.1, -0.05) is 34.8 Å². The van der Waals surface area contributed by atoms with Gasteiger partial charge in [0, 0.05) is 12.1 Å². The third kappa shape index (κ3) is 7.76. The monoisotopic (exact) mass is 686 g/mol. The van der Waals surface area contributed by atoms with E-state index in [9.17, 15) is 54.1 Å². The molecule has 0 aromatic heterocycles.